The summed E-state index contributed by atoms with van der Waals surface area (Å²) < 4.78 is 18.9. The summed E-state index contributed by atoms with van der Waals surface area (Å²) in [4.78, 5) is 42.7. The number of rotatable bonds is 5. The van der Waals surface area contributed by atoms with Crippen LogP contribution >= 0.6 is 0 Å². The summed E-state index contributed by atoms with van der Waals surface area (Å²) in [5.41, 5.74) is 0.0229. The third-order valence-electron chi connectivity index (χ3n) is 6.76. The van der Waals surface area contributed by atoms with E-state index >= 15 is 0 Å². The maximum absolute atomic E-state index is 13.6. The molecule has 1 aliphatic carbocycles. The number of imide groups is 1. The Hall–Kier alpha value is -3.69. The second kappa shape index (κ2) is 12.4. The van der Waals surface area contributed by atoms with Crippen molar-refractivity contribution in [3.63, 3.8) is 0 Å². The quantitative estimate of drug-likeness (QED) is 0.315. The summed E-state index contributed by atoms with van der Waals surface area (Å²) in [6.45, 7) is 10.9. The van der Waals surface area contributed by atoms with Gasteiger partial charge >= 0.3 is 12.2 Å². The van der Waals surface area contributed by atoms with E-state index in [1.165, 1.54) is 13.5 Å². The van der Waals surface area contributed by atoms with Gasteiger partial charge in [-0.05, 0) is 59.9 Å². The molecule has 0 aliphatic heterocycles. The van der Waals surface area contributed by atoms with Crippen LogP contribution in [-0.4, -0.2) is 50.0 Å². The first-order valence-electron chi connectivity index (χ1n) is 14.5. The van der Waals surface area contributed by atoms with E-state index in [1.54, 1.807) is 41.5 Å². The number of benzene rings is 1. The number of nitrogens with zero attached hydrogens (tertiary/aromatic N) is 5. The Balaban J connectivity index is 1.95. The molecule has 0 radical (unpaired) electrons. The molecule has 2 heterocycles. The highest BCUT2D eigenvalue weighted by Gasteiger charge is 2.37. The van der Waals surface area contributed by atoms with Gasteiger partial charge in [0.1, 0.15) is 17.0 Å². The van der Waals surface area contributed by atoms with Gasteiger partial charge in [-0.2, -0.15) is 9.88 Å². The van der Waals surface area contributed by atoms with Gasteiger partial charge in [-0.25, -0.2) is 19.6 Å². The minimum Gasteiger partial charge on any atom is -0.468 e. The van der Waals surface area contributed by atoms with E-state index in [1.807, 2.05) is 34.9 Å². The summed E-state index contributed by atoms with van der Waals surface area (Å²) in [6, 6.07) is 10.2. The van der Waals surface area contributed by atoms with Gasteiger partial charge in [0.2, 0.25) is 0 Å². The lowest BCUT2D eigenvalue weighted by molar-refractivity contribution is 0.0429. The maximum atomic E-state index is 13.6. The van der Waals surface area contributed by atoms with Gasteiger partial charge < -0.3 is 14.2 Å². The minimum absolute atomic E-state index is 0.0284. The van der Waals surface area contributed by atoms with Crippen molar-refractivity contribution in [2.45, 2.75) is 110 Å². The Morgan fingerprint density at radius 1 is 0.854 bits per heavy atom. The van der Waals surface area contributed by atoms with Crippen molar-refractivity contribution >= 4 is 29.2 Å². The molecule has 2 amide bonds. The van der Waals surface area contributed by atoms with Crippen LogP contribution in [0.15, 0.2) is 30.3 Å². The zero-order valence-corrected chi connectivity index (χ0v) is 25.4. The third kappa shape index (κ3) is 7.74. The maximum Gasteiger partial charge on any atom is 0.425 e. The van der Waals surface area contributed by atoms with Gasteiger partial charge in [-0.3, -0.25) is 4.57 Å². The Bertz CT molecular complexity index is 1320. The van der Waals surface area contributed by atoms with Gasteiger partial charge in [0.15, 0.2) is 17.0 Å². The molecule has 10 heteroatoms. The zero-order valence-electron chi connectivity index (χ0n) is 25.4. The van der Waals surface area contributed by atoms with Crippen LogP contribution in [0.1, 0.15) is 104 Å². The molecule has 1 saturated carbocycles. The molecule has 4 rings (SSSR count). The molecule has 1 fully saturated rings. The Labute approximate surface area is 242 Å². The lowest BCUT2D eigenvalue weighted by Crippen LogP contribution is -2.44. The number of carbonyl (C=O) groups excluding carboxylic acids is 2. The molecule has 0 unspecified atom stereocenters. The fourth-order valence-electron chi connectivity index (χ4n) is 4.96. The molecule has 0 N–H and O–H groups in total. The number of ether oxygens (including phenoxy) is 3. The van der Waals surface area contributed by atoms with E-state index in [4.69, 9.17) is 24.2 Å². The van der Waals surface area contributed by atoms with Crippen molar-refractivity contribution in [1.29, 1.82) is 0 Å². The number of hydrogen-bond acceptors (Lipinski definition) is 8. The van der Waals surface area contributed by atoms with E-state index in [-0.39, 0.29) is 17.3 Å². The minimum atomic E-state index is -0.896. The summed E-state index contributed by atoms with van der Waals surface area (Å²) in [5, 5.41) is 0. The number of methoxy groups -OCH3 is 1. The monoisotopic (exact) mass is 565 g/mol. The lowest BCUT2D eigenvalue weighted by Gasteiger charge is -2.28. The van der Waals surface area contributed by atoms with Crippen LogP contribution < -0.4 is 9.64 Å². The first kappa shape index (κ1) is 30.3. The summed E-state index contributed by atoms with van der Waals surface area (Å²) >= 11 is 0. The van der Waals surface area contributed by atoms with Gasteiger partial charge in [-0.1, -0.05) is 62.4 Å². The standard InChI is InChI=1S/C31H43N5O5/c1-30(2,3)40-28(37)36(29(38)41-31(4,5)6)26-23-25(33-24(34-26)22-18-14-9-8-10-15-19-22)35(27(32-23)39-7)20-21-16-12-11-13-17-21/h11-13,16-17,22H,8-10,14-15,18-20H2,1-7H3. The highest BCUT2D eigenvalue weighted by Crippen LogP contribution is 2.35. The Morgan fingerprint density at radius 2 is 1.41 bits per heavy atom. The largest absolute Gasteiger partial charge is 0.468 e. The molecule has 41 heavy (non-hydrogen) atoms. The molecule has 0 saturated heterocycles. The van der Waals surface area contributed by atoms with E-state index in [2.05, 4.69) is 4.98 Å². The van der Waals surface area contributed by atoms with Crippen molar-refractivity contribution < 1.29 is 23.8 Å². The second-order valence-corrected chi connectivity index (χ2v) is 12.6. The van der Waals surface area contributed by atoms with Crippen LogP contribution in [0.2, 0.25) is 0 Å². The van der Waals surface area contributed by atoms with E-state index in [0.717, 1.165) is 49.0 Å². The second-order valence-electron chi connectivity index (χ2n) is 12.6. The lowest BCUT2D eigenvalue weighted by atomic mass is 9.90. The molecule has 1 aliphatic rings. The molecule has 0 spiro atoms. The van der Waals surface area contributed by atoms with Crippen LogP contribution in [0.3, 0.4) is 0 Å². The highest BCUT2D eigenvalue weighted by molar-refractivity contribution is 6.12. The number of fused-ring (bicyclic) bond motifs is 1. The molecular weight excluding hydrogens is 522 g/mol. The number of aromatic nitrogens is 4. The third-order valence-corrected chi connectivity index (χ3v) is 6.76. The highest BCUT2D eigenvalue weighted by atomic mass is 16.6. The molecule has 0 bridgehead atoms. The predicted molar refractivity (Wildman–Crippen MR) is 157 cm³/mol. The number of hydrogen-bond donors (Lipinski definition) is 0. The molecular formula is C31H43N5O5. The average molecular weight is 566 g/mol. The molecule has 3 aromatic rings. The smallest absolute Gasteiger partial charge is 0.425 e. The fraction of sp³-hybridized carbons (Fsp3) is 0.581. The van der Waals surface area contributed by atoms with Gasteiger partial charge in [0.25, 0.3) is 6.01 Å². The summed E-state index contributed by atoms with van der Waals surface area (Å²) in [6.07, 6.45) is 5.73. The topological polar surface area (TPSA) is 109 Å². The number of anilines is 1. The molecule has 0 atom stereocenters. The number of amides is 2. The van der Waals surface area contributed by atoms with Crippen molar-refractivity contribution in [3.05, 3.63) is 41.7 Å². The number of carbonyl (C=O) groups is 2. The van der Waals surface area contributed by atoms with Crippen molar-refractivity contribution in [2.75, 3.05) is 12.0 Å². The van der Waals surface area contributed by atoms with Gasteiger partial charge in [0.05, 0.1) is 13.7 Å². The molecule has 222 valence electrons. The molecule has 1 aromatic carbocycles. The summed E-state index contributed by atoms with van der Waals surface area (Å²) in [7, 11) is 1.53. The van der Waals surface area contributed by atoms with E-state index in [0.29, 0.717) is 24.0 Å². The van der Waals surface area contributed by atoms with Crippen LogP contribution in [0.4, 0.5) is 15.4 Å². The van der Waals surface area contributed by atoms with Gasteiger partial charge in [-0.15, -0.1) is 0 Å². The molecule has 10 nitrogen and oxygen atoms in total. The predicted octanol–water partition coefficient (Wildman–Crippen LogP) is 7.39. The van der Waals surface area contributed by atoms with Crippen molar-refractivity contribution in [3.8, 4) is 6.01 Å². The first-order chi connectivity index (χ1) is 19.4. The fourth-order valence-corrected chi connectivity index (χ4v) is 4.96. The van der Waals surface area contributed by atoms with E-state index < -0.39 is 23.4 Å². The number of imidazole rings is 1. The van der Waals surface area contributed by atoms with Crippen LogP contribution in [0, 0.1) is 0 Å². The van der Waals surface area contributed by atoms with Crippen LogP contribution in [0.25, 0.3) is 11.2 Å². The first-order valence-corrected chi connectivity index (χ1v) is 14.5. The SMILES string of the molecule is COc1nc2c(N(C(=O)OC(C)(C)C)C(=O)OC(C)(C)C)nc(C3CCCCCCC3)nc2n1Cc1ccccc1. The van der Waals surface area contributed by atoms with Crippen molar-refractivity contribution in [1.82, 2.24) is 19.5 Å². The van der Waals surface area contributed by atoms with Crippen molar-refractivity contribution in [2.24, 2.45) is 0 Å². The van der Waals surface area contributed by atoms with Crippen LogP contribution in [-0.2, 0) is 16.0 Å². The van der Waals surface area contributed by atoms with Crippen LogP contribution in [0.5, 0.6) is 6.01 Å². The molecule has 2 aromatic heterocycles. The van der Waals surface area contributed by atoms with E-state index in [9.17, 15) is 9.59 Å². The normalized spacial score (nSPS) is 15.2. The Morgan fingerprint density at radius 3 is 1.95 bits per heavy atom. The van der Waals surface area contributed by atoms with Gasteiger partial charge in [0, 0.05) is 5.92 Å². The average Bonchev–Trinajstić information content (AvgIpc) is 3.20. The Kier molecular flexibility index (Phi) is 9.19. The zero-order chi connectivity index (χ0) is 29.8. The summed E-state index contributed by atoms with van der Waals surface area (Å²) in [5.74, 6) is 0.674.